The first-order chi connectivity index (χ1) is 9.61. The number of fused-ring (bicyclic) bond motifs is 1. The number of carbonyl (C=O) groups excluding carboxylic acids is 1. The van der Waals surface area contributed by atoms with Crippen LogP contribution >= 0.6 is 15.9 Å². The molecule has 1 aliphatic rings. The third kappa shape index (κ3) is 2.86. The van der Waals surface area contributed by atoms with E-state index in [4.69, 9.17) is 0 Å². The highest BCUT2D eigenvalue weighted by molar-refractivity contribution is 9.10. The third-order valence-electron chi connectivity index (χ3n) is 3.83. The van der Waals surface area contributed by atoms with E-state index in [1.165, 1.54) is 0 Å². The van der Waals surface area contributed by atoms with Crippen LogP contribution in [0.15, 0.2) is 40.9 Å². The van der Waals surface area contributed by atoms with Crippen LogP contribution in [-0.4, -0.2) is 23.7 Å². The summed E-state index contributed by atoms with van der Waals surface area (Å²) in [4.78, 5) is 12.1. The molecule has 0 radical (unpaired) electrons. The molecule has 0 aromatic heterocycles. The zero-order valence-electron chi connectivity index (χ0n) is 11.0. The van der Waals surface area contributed by atoms with Crippen LogP contribution in [0.25, 0.3) is 10.8 Å². The van der Waals surface area contributed by atoms with E-state index >= 15 is 0 Å². The summed E-state index contributed by atoms with van der Waals surface area (Å²) in [6, 6.07) is 11.7. The molecule has 0 unspecified atom stereocenters. The fourth-order valence-electron chi connectivity index (χ4n) is 2.56. The van der Waals surface area contributed by atoms with Crippen LogP contribution in [0.5, 0.6) is 0 Å². The standard InChI is InChI=1S/C16H16BrNO2/c17-14-4-3-11-7-13(2-1-12(11)8-14)16(20)18-9-10-5-15(19)6-10/h1-4,7-8,10,15,19H,5-6,9H2,(H,18,20). The van der Waals surface area contributed by atoms with Gasteiger partial charge in [0.2, 0.25) is 0 Å². The van der Waals surface area contributed by atoms with Crippen molar-refractivity contribution < 1.29 is 9.90 Å². The number of aliphatic hydroxyl groups excluding tert-OH is 1. The van der Waals surface area contributed by atoms with Crippen LogP contribution in [0.4, 0.5) is 0 Å². The monoisotopic (exact) mass is 333 g/mol. The number of aliphatic hydroxyl groups is 1. The summed E-state index contributed by atoms with van der Waals surface area (Å²) in [5.74, 6) is 0.376. The van der Waals surface area contributed by atoms with Gasteiger partial charge in [-0.05, 0) is 53.8 Å². The Morgan fingerprint density at radius 2 is 1.90 bits per heavy atom. The Labute approximate surface area is 126 Å². The molecular formula is C16H16BrNO2. The first-order valence-electron chi connectivity index (χ1n) is 6.77. The van der Waals surface area contributed by atoms with E-state index in [0.717, 1.165) is 28.1 Å². The van der Waals surface area contributed by atoms with Crippen LogP contribution in [0.2, 0.25) is 0 Å². The molecule has 0 aliphatic heterocycles. The molecule has 4 heteroatoms. The van der Waals surface area contributed by atoms with E-state index in [0.29, 0.717) is 18.0 Å². The fraction of sp³-hybridized carbons (Fsp3) is 0.312. The van der Waals surface area contributed by atoms with Gasteiger partial charge in [-0.15, -0.1) is 0 Å². The predicted molar refractivity (Wildman–Crippen MR) is 82.7 cm³/mol. The molecule has 0 bridgehead atoms. The summed E-state index contributed by atoms with van der Waals surface area (Å²) in [6.07, 6.45) is 1.42. The number of carbonyl (C=O) groups is 1. The minimum absolute atomic E-state index is 0.0452. The van der Waals surface area contributed by atoms with Gasteiger partial charge in [-0.2, -0.15) is 0 Å². The molecule has 0 heterocycles. The van der Waals surface area contributed by atoms with Crippen molar-refractivity contribution in [2.75, 3.05) is 6.54 Å². The maximum absolute atomic E-state index is 12.1. The largest absolute Gasteiger partial charge is 0.393 e. The molecule has 3 rings (SSSR count). The Morgan fingerprint density at radius 1 is 1.20 bits per heavy atom. The Bertz CT molecular complexity index is 650. The van der Waals surface area contributed by atoms with Crippen molar-refractivity contribution in [3.63, 3.8) is 0 Å². The minimum atomic E-state index is -0.170. The highest BCUT2D eigenvalue weighted by Gasteiger charge is 2.27. The summed E-state index contributed by atoms with van der Waals surface area (Å²) in [5.41, 5.74) is 0.680. The second-order valence-corrected chi connectivity index (χ2v) is 6.32. The third-order valence-corrected chi connectivity index (χ3v) is 4.32. The van der Waals surface area contributed by atoms with Crippen LogP contribution in [-0.2, 0) is 0 Å². The first kappa shape index (κ1) is 13.6. The second kappa shape index (κ2) is 5.54. The lowest BCUT2D eigenvalue weighted by Crippen LogP contribution is -2.38. The predicted octanol–water partition coefficient (Wildman–Crippen LogP) is 3.10. The van der Waals surface area contributed by atoms with Crippen molar-refractivity contribution in [2.24, 2.45) is 5.92 Å². The van der Waals surface area contributed by atoms with Gasteiger partial charge >= 0.3 is 0 Å². The van der Waals surface area contributed by atoms with Crippen molar-refractivity contribution in [1.29, 1.82) is 0 Å². The van der Waals surface area contributed by atoms with Crippen molar-refractivity contribution in [3.8, 4) is 0 Å². The number of nitrogens with one attached hydrogen (secondary N) is 1. The van der Waals surface area contributed by atoms with Gasteiger partial charge in [0.25, 0.3) is 5.91 Å². The van der Waals surface area contributed by atoms with E-state index in [1.54, 1.807) is 0 Å². The van der Waals surface area contributed by atoms with Gasteiger partial charge in [0.05, 0.1) is 6.10 Å². The number of rotatable bonds is 3. The fourth-order valence-corrected chi connectivity index (χ4v) is 2.94. The normalized spacial score (nSPS) is 21.5. The molecule has 0 spiro atoms. The molecule has 2 N–H and O–H groups in total. The molecule has 1 saturated carbocycles. The van der Waals surface area contributed by atoms with Crippen LogP contribution in [0, 0.1) is 5.92 Å². The summed E-state index contributed by atoms with van der Waals surface area (Å²) >= 11 is 3.44. The average Bonchev–Trinajstić information content (AvgIpc) is 2.41. The zero-order chi connectivity index (χ0) is 14.1. The molecule has 1 aliphatic carbocycles. The van der Waals surface area contributed by atoms with Crippen LogP contribution < -0.4 is 5.32 Å². The summed E-state index contributed by atoms with van der Waals surface area (Å²) in [5, 5.41) is 14.3. The van der Waals surface area contributed by atoms with Gasteiger partial charge in [-0.25, -0.2) is 0 Å². The second-order valence-electron chi connectivity index (χ2n) is 5.41. The van der Waals surface area contributed by atoms with Gasteiger partial charge in [0, 0.05) is 16.6 Å². The van der Waals surface area contributed by atoms with Crippen LogP contribution in [0.1, 0.15) is 23.2 Å². The molecule has 1 amide bonds. The molecule has 2 aromatic rings. The van der Waals surface area contributed by atoms with Crippen molar-refractivity contribution in [1.82, 2.24) is 5.32 Å². The lowest BCUT2D eigenvalue weighted by molar-refractivity contribution is 0.0420. The molecule has 0 saturated heterocycles. The van der Waals surface area contributed by atoms with Crippen LogP contribution in [0.3, 0.4) is 0 Å². The average molecular weight is 334 g/mol. The lowest BCUT2D eigenvalue weighted by atomic mass is 9.82. The number of amides is 1. The van der Waals surface area contributed by atoms with Gasteiger partial charge in [0.15, 0.2) is 0 Å². The van der Waals surface area contributed by atoms with Gasteiger partial charge in [0.1, 0.15) is 0 Å². The van der Waals surface area contributed by atoms with E-state index in [9.17, 15) is 9.90 Å². The quantitative estimate of drug-likeness (QED) is 0.906. The Balaban J connectivity index is 1.69. The molecule has 104 valence electrons. The van der Waals surface area contributed by atoms with E-state index in [-0.39, 0.29) is 12.0 Å². The molecule has 3 nitrogen and oxygen atoms in total. The molecule has 1 fully saturated rings. The SMILES string of the molecule is O=C(NCC1CC(O)C1)c1ccc2cc(Br)ccc2c1. The Morgan fingerprint density at radius 3 is 2.65 bits per heavy atom. The summed E-state index contributed by atoms with van der Waals surface area (Å²) in [6.45, 7) is 0.647. The summed E-state index contributed by atoms with van der Waals surface area (Å²) < 4.78 is 1.03. The Hall–Kier alpha value is -1.39. The zero-order valence-corrected chi connectivity index (χ0v) is 12.6. The number of hydrogen-bond donors (Lipinski definition) is 2. The minimum Gasteiger partial charge on any atom is -0.393 e. The first-order valence-corrected chi connectivity index (χ1v) is 7.57. The Kier molecular flexibility index (Phi) is 3.76. The van der Waals surface area contributed by atoms with Crippen molar-refractivity contribution in [2.45, 2.75) is 18.9 Å². The number of hydrogen-bond acceptors (Lipinski definition) is 2. The van der Waals surface area contributed by atoms with E-state index in [1.807, 2.05) is 36.4 Å². The van der Waals surface area contributed by atoms with E-state index in [2.05, 4.69) is 21.2 Å². The maximum Gasteiger partial charge on any atom is 0.251 e. The van der Waals surface area contributed by atoms with Crippen molar-refractivity contribution >= 4 is 32.6 Å². The lowest BCUT2D eigenvalue weighted by Gasteiger charge is -2.31. The topological polar surface area (TPSA) is 49.3 Å². The van der Waals surface area contributed by atoms with Gasteiger partial charge in [-0.3, -0.25) is 4.79 Å². The highest BCUT2D eigenvalue weighted by atomic mass is 79.9. The summed E-state index contributed by atoms with van der Waals surface area (Å²) in [7, 11) is 0. The molecular weight excluding hydrogens is 318 g/mol. The number of benzene rings is 2. The highest BCUT2D eigenvalue weighted by Crippen LogP contribution is 2.26. The molecule has 2 aromatic carbocycles. The molecule has 20 heavy (non-hydrogen) atoms. The van der Waals surface area contributed by atoms with Gasteiger partial charge < -0.3 is 10.4 Å². The van der Waals surface area contributed by atoms with Crippen molar-refractivity contribution in [3.05, 3.63) is 46.4 Å². The van der Waals surface area contributed by atoms with E-state index < -0.39 is 0 Å². The smallest absolute Gasteiger partial charge is 0.251 e. The van der Waals surface area contributed by atoms with Gasteiger partial charge in [-0.1, -0.05) is 28.1 Å². The maximum atomic E-state index is 12.1. The molecule has 0 atom stereocenters. The number of halogens is 1.